The first-order valence-electron chi connectivity index (χ1n) is 9.91. The molecule has 1 aliphatic rings. The van der Waals surface area contributed by atoms with E-state index in [1.807, 2.05) is 48.5 Å². The van der Waals surface area contributed by atoms with E-state index in [0.717, 1.165) is 54.7 Å². The number of nitrogens with zero attached hydrogens (tertiary/aromatic N) is 1. The van der Waals surface area contributed by atoms with Crippen molar-refractivity contribution in [2.24, 2.45) is 5.92 Å². The molecule has 0 amide bonds. The first kappa shape index (κ1) is 20.9. The molecule has 150 valence electrons. The van der Waals surface area contributed by atoms with E-state index >= 15 is 0 Å². The van der Waals surface area contributed by atoms with E-state index in [-0.39, 0.29) is 5.92 Å². The van der Waals surface area contributed by atoms with Gasteiger partial charge in [0.1, 0.15) is 11.4 Å². The van der Waals surface area contributed by atoms with Gasteiger partial charge in [-0.3, -0.25) is 0 Å². The number of ether oxygens (including phenoxy) is 1. The van der Waals surface area contributed by atoms with Gasteiger partial charge in [-0.2, -0.15) is 0 Å². The third-order valence-corrected chi connectivity index (χ3v) is 5.87. The summed E-state index contributed by atoms with van der Waals surface area (Å²) in [5.74, 6) is 0.937. The third kappa shape index (κ3) is 4.60. The quantitative estimate of drug-likeness (QED) is 0.686. The molecule has 0 spiro atoms. The summed E-state index contributed by atoms with van der Waals surface area (Å²) in [7, 11) is 5.80. The molecule has 2 unspecified atom stereocenters. The van der Waals surface area contributed by atoms with Crippen LogP contribution in [0.4, 0.5) is 0 Å². The minimum atomic E-state index is -1.04. The van der Waals surface area contributed by atoms with Gasteiger partial charge < -0.3 is 14.7 Å². The van der Waals surface area contributed by atoms with Crippen LogP contribution < -0.4 is 4.74 Å². The normalized spacial score (nSPS) is 24.4. The Kier molecular flexibility index (Phi) is 6.82. The minimum absolute atomic E-state index is 0.105. The van der Waals surface area contributed by atoms with Gasteiger partial charge in [-0.15, -0.1) is 0 Å². The SMILES string of the molecule is COc1ccc(/C=C2\CCCCC(CN(C)C)C2(O)c2cccc(Cl)c2)cc1. The summed E-state index contributed by atoms with van der Waals surface area (Å²) in [5.41, 5.74) is 1.98. The molecule has 0 bridgehead atoms. The molecular weight excluding hydrogens is 370 g/mol. The molecule has 0 saturated heterocycles. The fourth-order valence-electron chi connectivity index (χ4n) is 4.26. The monoisotopic (exact) mass is 399 g/mol. The Balaban J connectivity index is 2.11. The maximum Gasteiger partial charge on any atom is 0.118 e. The summed E-state index contributed by atoms with van der Waals surface area (Å²) in [6.07, 6.45) is 6.20. The lowest BCUT2D eigenvalue weighted by Gasteiger charge is -2.39. The molecule has 1 saturated carbocycles. The molecule has 28 heavy (non-hydrogen) atoms. The van der Waals surface area contributed by atoms with Crippen LogP contribution >= 0.6 is 11.6 Å². The predicted octanol–water partition coefficient (Wildman–Crippen LogP) is 5.37. The van der Waals surface area contributed by atoms with Gasteiger partial charge in [0.15, 0.2) is 0 Å². The maximum atomic E-state index is 12.2. The Labute approximate surface area is 173 Å². The lowest BCUT2D eigenvalue weighted by Crippen LogP contribution is -2.41. The maximum absolute atomic E-state index is 12.2. The second kappa shape index (κ2) is 9.13. The van der Waals surface area contributed by atoms with E-state index < -0.39 is 5.60 Å². The van der Waals surface area contributed by atoms with Crippen molar-refractivity contribution in [2.45, 2.75) is 31.3 Å². The Morgan fingerprint density at radius 2 is 1.93 bits per heavy atom. The summed E-state index contributed by atoms with van der Waals surface area (Å²) in [5, 5.41) is 12.9. The molecule has 3 nitrogen and oxygen atoms in total. The van der Waals surface area contributed by atoms with Crippen molar-refractivity contribution in [1.82, 2.24) is 4.90 Å². The van der Waals surface area contributed by atoms with Gasteiger partial charge in [0.2, 0.25) is 0 Å². The summed E-state index contributed by atoms with van der Waals surface area (Å²) in [6.45, 7) is 0.822. The highest BCUT2D eigenvalue weighted by Gasteiger charge is 2.43. The largest absolute Gasteiger partial charge is 0.497 e. The second-order valence-electron chi connectivity index (χ2n) is 7.92. The molecule has 2 aromatic rings. The second-order valence-corrected chi connectivity index (χ2v) is 8.36. The van der Waals surface area contributed by atoms with E-state index in [1.165, 1.54) is 0 Å². The van der Waals surface area contributed by atoms with Crippen LogP contribution in [0, 0.1) is 5.92 Å². The Morgan fingerprint density at radius 3 is 2.57 bits per heavy atom. The van der Waals surface area contributed by atoms with Crippen LogP contribution in [0.1, 0.15) is 36.8 Å². The molecular formula is C24H30ClNO2. The number of halogens is 1. The minimum Gasteiger partial charge on any atom is -0.497 e. The van der Waals surface area contributed by atoms with E-state index in [4.69, 9.17) is 16.3 Å². The topological polar surface area (TPSA) is 32.7 Å². The molecule has 2 aromatic carbocycles. The van der Waals surface area contributed by atoms with Crippen molar-refractivity contribution in [3.63, 3.8) is 0 Å². The van der Waals surface area contributed by atoms with E-state index in [9.17, 15) is 5.11 Å². The van der Waals surface area contributed by atoms with Crippen LogP contribution in [0.5, 0.6) is 5.75 Å². The smallest absolute Gasteiger partial charge is 0.118 e. The lowest BCUT2D eigenvalue weighted by atomic mass is 9.74. The molecule has 0 radical (unpaired) electrons. The van der Waals surface area contributed by atoms with E-state index in [1.54, 1.807) is 7.11 Å². The zero-order valence-electron chi connectivity index (χ0n) is 17.0. The van der Waals surface area contributed by atoms with Crippen LogP contribution in [0.25, 0.3) is 6.08 Å². The molecule has 0 heterocycles. The fourth-order valence-corrected chi connectivity index (χ4v) is 4.45. The third-order valence-electron chi connectivity index (χ3n) is 5.64. The highest BCUT2D eigenvalue weighted by molar-refractivity contribution is 6.30. The number of rotatable bonds is 5. The van der Waals surface area contributed by atoms with E-state index in [0.29, 0.717) is 5.02 Å². The van der Waals surface area contributed by atoms with Gasteiger partial charge in [-0.25, -0.2) is 0 Å². The fraction of sp³-hybridized carbons (Fsp3) is 0.417. The molecule has 0 aromatic heterocycles. The highest BCUT2D eigenvalue weighted by Crippen LogP contribution is 2.45. The summed E-state index contributed by atoms with van der Waals surface area (Å²) >= 11 is 6.31. The molecule has 1 fully saturated rings. The van der Waals surface area contributed by atoms with Gasteiger partial charge in [0.05, 0.1) is 7.11 Å². The molecule has 1 N–H and O–H groups in total. The van der Waals surface area contributed by atoms with Gasteiger partial charge in [-0.05, 0) is 74.3 Å². The van der Waals surface area contributed by atoms with Crippen LogP contribution in [0.2, 0.25) is 5.02 Å². The summed E-state index contributed by atoms with van der Waals surface area (Å²) in [4.78, 5) is 2.16. The number of benzene rings is 2. The lowest BCUT2D eigenvalue weighted by molar-refractivity contribution is 0.000492. The van der Waals surface area contributed by atoms with Crippen molar-refractivity contribution >= 4 is 17.7 Å². The first-order chi connectivity index (χ1) is 13.4. The summed E-state index contributed by atoms with van der Waals surface area (Å²) < 4.78 is 5.27. The molecule has 1 aliphatic carbocycles. The zero-order chi connectivity index (χ0) is 20.1. The number of hydrogen-bond acceptors (Lipinski definition) is 3. The Bertz CT molecular complexity index is 816. The zero-order valence-corrected chi connectivity index (χ0v) is 17.7. The first-order valence-corrected chi connectivity index (χ1v) is 10.3. The molecule has 4 heteroatoms. The average molecular weight is 400 g/mol. The number of hydrogen-bond donors (Lipinski definition) is 1. The predicted molar refractivity (Wildman–Crippen MR) is 117 cm³/mol. The van der Waals surface area contributed by atoms with Gasteiger partial charge in [0.25, 0.3) is 0 Å². The van der Waals surface area contributed by atoms with Crippen molar-refractivity contribution in [3.05, 3.63) is 70.3 Å². The van der Waals surface area contributed by atoms with Crippen molar-refractivity contribution < 1.29 is 9.84 Å². The van der Waals surface area contributed by atoms with Crippen molar-refractivity contribution in [2.75, 3.05) is 27.7 Å². The van der Waals surface area contributed by atoms with Gasteiger partial charge >= 0.3 is 0 Å². The molecule has 3 rings (SSSR count). The number of aliphatic hydroxyl groups is 1. The van der Waals surface area contributed by atoms with Crippen molar-refractivity contribution in [1.29, 1.82) is 0 Å². The molecule has 0 aliphatic heterocycles. The Hall–Kier alpha value is -1.81. The Morgan fingerprint density at radius 1 is 1.18 bits per heavy atom. The van der Waals surface area contributed by atoms with Crippen LogP contribution in [-0.2, 0) is 5.60 Å². The van der Waals surface area contributed by atoms with Gasteiger partial charge in [0, 0.05) is 17.5 Å². The molecule has 2 atom stereocenters. The van der Waals surface area contributed by atoms with E-state index in [2.05, 4.69) is 25.1 Å². The van der Waals surface area contributed by atoms with Crippen LogP contribution in [0.3, 0.4) is 0 Å². The summed E-state index contributed by atoms with van der Waals surface area (Å²) in [6, 6.07) is 15.7. The highest BCUT2D eigenvalue weighted by atomic mass is 35.5. The van der Waals surface area contributed by atoms with Crippen LogP contribution in [0.15, 0.2) is 54.1 Å². The average Bonchev–Trinajstić information content (AvgIpc) is 2.83. The number of methoxy groups -OCH3 is 1. The van der Waals surface area contributed by atoms with Crippen molar-refractivity contribution in [3.8, 4) is 5.75 Å². The standard InChI is InChI=1S/C24H30ClNO2/c1-26(2)17-21-8-5-4-7-19(15-18-11-13-23(28-3)14-12-18)24(21,27)20-9-6-10-22(25)16-20/h6,9-16,21,27H,4-5,7-8,17H2,1-3H3/b19-15+. The van der Waals surface area contributed by atoms with Gasteiger partial charge in [-0.1, -0.05) is 48.4 Å². The van der Waals surface area contributed by atoms with Crippen LogP contribution in [-0.4, -0.2) is 37.8 Å².